The van der Waals surface area contributed by atoms with Crippen LogP contribution < -0.4 is 5.43 Å². The smallest absolute Gasteiger partial charge is 0.265 e. The number of carbonyl (C=O) groups excluding carboxylic acids is 1. The van der Waals surface area contributed by atoms with E-state index in [2.05, 4.69) is 17.3 Å². The second-order valence-electron chi connectivity index (χ2n) is 4.98. The fourth-order valence-electron chi connectivity index (χ4n) is 2.30. The Morgan fingerprint density at radius 1 is 1.35 bits per heavy atom. The second kappa shape index (κ2) is 7.09. The van der Waals surface area contributed by atoms with Gasteiger partial charge in [-0.15, -0.1) is 0 Å². The number of nitrogens with one attached hydrogen (secondary N) is 1. The van der Waals surface area contributed by atoms with E-state index in [1.165, 1.54) is 6.42 Å². The maximum absolute atomic E-state index is 12.3. The van der Waals surface area contributed by atoms with Crippen molar-refractivity contribution in [1.29, 1.82) is 0 Å². The van der Waals surface area contributed by atoms with Gasteiger partial charge in [0.25, 0.3) is 5.91 Å². The van der Waals surface area contributed by atoms with E-state index < -0.39 is 0 Å². The standard InChI is InChI=1S/C16H20N2O2/c1-13-7-8-14(6-5-11-19)12-15(13)16(20)17-18-9-3-2-4-10-18/h7-8,12,19H,2-4,9-11H2,1H3,(H,17,20). The minimum Gasteiger partial charge on any atom is -0.384 e. The van der Waals surface area contributed by atoms with E-state index in [1.54, 1.807) is 6.07 Å². The maximum Gasteiger partial charge on any atom is 0.265 e. The molecule has 1 aliphatic heterocycles. The average molecular weight is 272 g/mol. The molecule has 1 aromatic carbocycles. The zero-order valence-corrected chi connectivity index (χ0v) is 11.8. The molecule has 1 aliphatic rings. The van der Waals surface area contributed by atoms with E-state index in [4.69, 9.17) is 5.11 Å². The topological polar surface area (TPSA) is 52.6 Å². The van der Waals surface area contributed by atoms with Crippen LogP contribution in [0, 0.1) is 18.8 Å². The van der Waals surface area contributed by atoms with Crippen LogP contribution in [0.4, 0.5) is 0 Å². The van der Waals surface area contributed by atoms with E-state index in [9.17, 15) is 4.79 Å². The van der Waals surface area contributed by atoms with Gasteiger partial charge in [0.1, 0.15) is 6.61 Å². The first-order valence-corrected chi connectivity index (χ1v) is 6.97. The molecule has 0 radical (unpaired) electrons. The third-order valence-corrected chi connectivity index (χ3v) is 3.41. The maximum atomic E-state index is 12.3. The molecule has 0 bridgehead atoms. The van der Waals surface area contributed by atoms with Crippen LogP contribution in [0.25, 0.3) is 0 Å². The summed E-state index contributed by atoms with van der Waals surface area (Å²) in [6.45, 7) is 3.56. The number of benzene rings is 1. The molecule has 0 aromatic heterocycles. The fourth-order valence-corrected chi connectivity index (χ4v) is 2.30. The number of hydrogen-bond acceptors (Lipinski definition) is 3. The summed E-state index contributed by atoms with van der Waals surface area (Å²) in [4.78, 5) is 12.3. The molecular formula is C16H20N2O2. The molecular weight excluding hydrogens is 252 g/mol. The van der Waals surface area contributed by atoms with Crippen molar-refractivity contribution in [3.05, 3.63) is 34.9 Å². The Morgan fingerprint density at radius 3 is 2.80 bits per heavy atom. The van der Waals surface area contributed by atoms with Crippen molar-refractivity contribution in [2.75, 3.05) is 19.7 Å². The summed E-state index contributed by atoms with van der Waals surface area (Å²) in [6, 6.07) is 5.51. The number of aryl methyl sites for hydroxylation is 1. The van der Waals surface area contributed by atoms with Crippen molar-refractivity contribution in [2.24, 2.45) is 0 Å². The minimum atomic E-state index is -0.177. The Bertz CT molecular complexity index is 537. The molecule has 0 spiro atoms. The lowest BCUT2D eigenvalue weighted by molar-refractivity contribution is 0.0749. The van der Waals surface area contributed by atoms with Gasteiger partial charge in [-0.3, -0.25) is 10.2 Å². The first-order chi connectivity index (χ1) is 9.70. The number of aliphatic hydroxyl groups is 1. The van der Waals surface area contributed by atoms with Crippen molar-refractivity contribution < 1.29 is 9.90 Å². The molecule has 1 saturated heterocycles. The molecule has 4 heteroatoms. The van der Waals surface area contributed by atoms with E-state index in [0.717, 1.165) is 37.1 Å². The van der Waals surface area contributed by atoms with Crippen molar-refractivity contribution in [2.45, 2.75) is 26.2 Å². The first kappa shape index (κ1) is 14.6. The van der Waals surface area contributed by atoms with Gasteiger partial charge in [-0.2, -0.15) is 0 Å². The minimum absolute atomic E-state index is 0.0861. The summed E-state index contributed by atoms with van der Waals surface area (Å²) in [6.07, 6.45) is 3.49. The van der Waals surface area contributed by atoms with Crippen molar-refractivity contribution in [1.82, 2.24) is 10.4 Å². The Balaban J connectivity index is 2.11. The van der Waals surface area contributed by atoms with Crippen LogP contribution >= 0.6 is 0 Å². The van der Waals surface area contributed by atoms with Gasteiger partial charge in [-0.05, 0) is 37.5 Å². The zero-order chi connectivity index (χ0) is 14.4. The van der Waals surface area contributed by atoms with Crippen LogP contribution in [0.2, 0.25) is 0 Å². The fraction of sp³-hybridized carbons (Fsp3) is 0.438. The highest BCUT2D eigenvalue weighted by Gasteiger charge is 2.15. The van der Waals surface area contributed by atoms with E-state index in [-0.39, 0.29) is 12.5 Å². The van der Waals surface area contributed by atoms with Gasteiger partial charge in [0.2, 0.25) is 0 Å². The molecule has 4 nitrogen and oxygen atoms in total. The Kier molecular flexibility index (Phi) is 5.16. The third-order valence-electron chi connectivity index (χ3n) is 3.41. The third kappa shape index (κ3) is 3.83. The normalized spacial score (nSPS) is 15.3. The van der Waals surface area contributed by atoms with Crippen molar-refractivity contribution >= 4 is 5.91 Å². The van der Waals surface area contributed by atoms with Crippen LogP contribution in [0.15, 0.2) is 18.2 Å². The van der Waals surface area contributed by atoms with E-state index >= 15 is 0 Å². The molecule has 20 heavy (non-hydrogen) atoms. The number of aliphatic hydroxyl groups excluding tert-OH is 1. The summed E-state index contributed by atoms with van der Waals surface area (Å²) in [5.74, 6) is 5.34. The van der Waals surface area contributed by atoms with Gasteiger partial charge >= 0.3 is 0 Å². The SMILES string of the molecule is Cc1ccc(C#CCO)cc1C(=O)NN1CCCCC1. The highest BCUT2D eigenvalue weighted by Crippen LogP contribution is 2.12. The van der Waals surface area contributed by atoms with Crippen molar-refractivity contribution in [3.63, 3.8) is 0 Å². The second-order valence-corrected chi connectivity index (χ2v) is 4.98. The van der Waals surface area contributed by atoms with Crippen LogP contribution in [0.3, 0.4) is 0 Å². The quantitative estimate of drug-likeness (QED) is 0.802. The average Bonchev–Trinajstić information content (AvgIpc) is 2.47. The molecule has 2 rings (SSSR count). The molecule has 1 heterocycles. The lowest BCUT2D eigenvalue weighted by Gasteiger charge is -2.27. The highest BCUT2D eigenvalue weighted by atomic mass is 16.2. The number of amides is 1. The molecule has 1 amide bonds. The van der Waals surface area contributed by atoms with E-state index in [0.29, 0.717) is 5.56 Å². The summed E-state index contributed by atoms with van der Waals surface area (Å²) < 4.78 is 0. The lowest BCUT2D eigenvalue weighted by Crippen LogP contribution is -2.45. The van der Waals surface area contributed by atoms with Crippen LogP contribution in [-0.2, 0) is 0 Å². The van der Waals surface area contributed by atoms with Gasteiger partial charge in [0.05, 0.1) is 0 Å². The Morgan fingerprint density at radius 2 is 2.10 bits per heavy atom. The van der Waals surface area contributed by atoms with Crippen molar-refractivity contribution in [3.8, 4) is 11.8 Å². The number of piperidine rings is 1. The van der Waals surface area contributed by atoms with Crippen LogP contribution in [-0.4, -0.2) is 35.7 Å². The highest BCUT2D eigenvalue weighted by molar-refractivity contribution is 5.95. The summed E-state index contributed by atoms with van der Waals surface area (Å²) in [7, 11) is 0. The molecule has 0 atom stereocenters. The van der Waals surface area contributed by atoms with Gasteiger partial charge in [0.15, 0.2) is 0 Å². The lowest BCUT2D eigenvalue weighted by atomic mass is 10.0. The predicted octanol–water partition coefficient (Wildman–Crippen LogP) is 1.47. The van der Waals surface area contributed by atoms with Gasteiger partial charge < -0.3 is 5.11 Å². The zero-order valence-electron chi connectivity index (χ0n) is 11.8. The largest absolute Gasteiger partial charge is 0.384 e. The number of nitrogens with zero attached hydrogens (tertiary/aromatic N) is 1. The van der Waals surface area contributed by atoms with Crippen LogP contribution in [0.1, 0.15) is 40.7 Å². The first-order valence-electron chi connectivity index (χ1n) is 6.97. The molecule has 106 valence electrons. The molecule has 0 saturated carbocycles. The molecule has 0 unspecified atom stereocenters. The molecule has 2 N–H and O–H groups in total. The van der Waals surface area contributed by atoms with Gasteiger partial charge in [-0.1, -0.05) is 24.3 Å². The molecule has 1 fully saturated rings. The number of hydrogen-bond donors (Lipinski definition) is 2. The Hall–Kier alpha value is -1.83. The number of carbonyl (C=O) groups is 1. The summed E-state index contributed by atoms with van der Waals surface area (Å²) in [5.41, 5.74) is 5.26. The molecule has 0 aliphatic carbocycles. The predicted molar refractivity (Wildman–Crippen MR) is 78.0 cm³/mol. The molecule has 1 aromatic rings. The van der Waals surface area contributed by atoms with Gasteiger partial charge in [-0.25, -0.2) is 5.01 Å². The van der Waals surface area contributed by atoms with Gasteiger partial charge in [0, 0.05) is 24.2 Å². The number of rotatable bonds is 2. The Labute approximate surface area is 119 Å². The van der Waals surface area contributed by atoms with Crippen LogP contribution in [0.5, 0.6) is 0 Å². The summed E-state index contributed by atoms with van der Waals surface area (Å²) in [5, 5.41) is 10.7. The van der Waals surface area contributed by atoms with E-state index in [1.807, 2.05) is 24.1 Å². The monoisotopic (exact) mass is 272 g/mol. The summed E-state index contributed by atoms with van der Waals surface area (Å²) >= 11 is 0. The number of hydrazine groups is 1.